The lowest BCUT2D eigenvalue weighted by atomic mass is 9.79. The van der Waals surface area contributed by atoms with E-state index >= 15 is 0 Å². The first kappa shape index (κ1) is 21.1. The van der Waals surface area contributed by atoms with Crippen LogP contribution in [0.3, 0.4) is 0 Å². The Morgan fingerprint density at radius 3 is 2.72 bits per heavy atom. The predicted octanol–water partition coefficient (Wildman–Crippen LogP) is 5.10. The van der Waals surface area contributed by atoms with E-state index in [9.17, 15) is 13.6 Å². The van der Waals surface area contributed by atoms with Gasteiger partial charge in [0, 0.05) is 41.4 Å². The summed E-state index contributed by atoms with van der Waals surface area (Å²) in [6, 6.07) is 6.53. The molecule has 2 fully saturated rings. The second kappa shape index (κ2) is 7.99. The first-order chi connectivity index (χ1) is 15.3. The van der Waals surface area contributed by atoms with Crippen LogP contribution in [-0.4, -0.2) is 32.8 Å². The zero-order chi connectivity index (χ0) is 22.5. The number of pyridine rings is 1. The third-order valence-corrected chi connectivity index (χ3v) is 6.80. The lowest BCUT2D eigenvalue weighted by Gasteiger charge is -2.36. The maximum atomic E-state index is 13.5. The topological polar surface area (TPSA) is 71.8 Å². The molecule has 2 aliphatic carbocycles. The highest BCUT2D eigenvalue weighted by atomic mass is 35.5. The number of halogens is 3. The summed E-state index contributed by atoms with van der Waals surface area (Å²) in [5.41, 5.74) is 1.56. The monoisotopic (exact) mass is 459 g/mol. The van der Waals surface area contributed by atoms with E-state index in [0.717, 1.165) is 25.7 Å². The number of aryl methyl sites for hydroxylation is 1. The molecule has 1 amide bonds. The Morgan fingerprint density at radius 2 is 2.03 bits per heavy atom. The third-order valence-electron chi connectivity index (χ3n) is 6.56. The van der Waals surface area contributed by atoms with E-state index in [1.165, 1.54) is 6.07 Å². The van der Waals surface area contributed by atoms with Gasteiger partial charge in [0.05, 0.1) is 17.3 Å². The standard InChI is InChI=1S/C23H24ClF2N5O/c1-31-12-13(11-27-31)22(32)29-16-7-15(9-23(10-16)4-5-23)28-19-8-20(21(25)26)30-18-3-2-14(24)6-17(18)19/h2-3,6,8,11-12,15-16,21H,4-5,7,9-10H2,1H3,(H,28,30)(H,29,32)/t15-,16+/m1/s1. The molecule has 2 aromatic heterocycles. The Kier molecular flexibility index (Phi) is 5.28. The zero-order valence-electron chi connectivity index (χ0n) is 17.6. The largest absolute Gasteiger partial charge is 0.382 e. The Bertz CT molecular complexity index is 1180. The zero-order valence-corrected chi connectivity index (χ0v) is 18.4. The molecule has 5 rings (SSSR count). The molecule has 1 aromatic carbocycles. The summed E-state index contributed by atoms with van der Waals surface area (Å²) in [6.45, 7) is 0. The van der Waals surface area contributed by atoms with Crippen LogP contribution in [0.1, 0.15) is 54.6 Å². The minimum atomic E-state index is -2.66. The highest BCUT2D eigenvalue weighted by Gasteiger charge is 2.49. The summed E-state index contributed by atoms with van der Waals surface area (Å²) in [7, 11) is 1.77. The lowest BCUT2D eigenvalue weighted by molar-refractivity contribution is 0.0914. The quantitative estimate of drug-likeness (QED) is 0.556. The SMILES string of the molecule is Cn1cc(C(=O)N[C@H]2C[C@@H](Nc3cc(C(F)F)nc4ccc(Cl)cc34)CC3(CC3)C2)cn1. The summed E-state index contributed by atoms with van der Waals surface area (Å²) in [5, 5.41) is 11.9. The lowest BCUT2D eigenvalue weighted by Crippen LogP contribution is -2.45. The molecular weight excluding hydrogens is 436 g/mol. The van der Waals surface area contributed by atoms with Crippen LogP contribution in [0.5, 0.6) is 0 Å². The molecule has 2 saturated carbocycles. The van der Waals surface area contributed by atoms with Crippen LogP contribution < -0.4 is 10.6 Å². The van der Waals surface area contributed by atoms with E-state index in [2.05, 4.69) is 20.7 Å². The van der Waals surface area contributed by atoms with E-state index in [1.807, 2.05) is 0 Å². The molecule has 0 radical (unpaired) electrons. The fourth-order valence-electron chi connectivity index (χ4n) is 4.92. The van der Waals surface area contributed by atoms with Crippen molar-refractivity contribution in [1.82, 2.24) is 20.1 Å². The van der Waals surface area contributed by atoms with Crippen molar-refractivity contribution in [3.63, 3.8) is 0 Å². The number of carbonyl (C=O) groups excluding carboxylic acids is 1. The number of hydrogen-bond donors (Lipinski definition) is 2. The number of hydrogen-bond acceptors (Lipinski definition) is 4. The summed E-state index contributed by atoms with van der Waals surface area (Å²) < 4.78 is 28.5. The molecule has 0 saturated heterocycles. The predicted molar refractivity (Wildman–Crippen MR) is 119 cm³/mol. The second-order valence-corrected chi connectivity index (χ2v) is 9.55. The van der Waals surface area contributed by atoms with Crippen LogP contribution in [0, 0.1) is 5.41 Å². The van der Waals surface area contributed by atoms with Crippen LogP contribution in [0.25, 0.3) is 10.9 Å². The number of rotatable bonds is 5. The molecule has 0 bridgehead atoms. The fraction of sp³-hybridized carbons (Fsp3) is 0.435. The van der Waals surface area contributed by atoms with Gasteiger partial charge in [0.2, 0.25) is 0 Å². The molecule has 2 N–H and O–H groups in total. The number of anilines is 1. The Balaban J connectivity index is 1.39. The summed E-state index contributed by atoms with van der Waals surface area (Å²) >= 11 is 6.17. The number of carbonyl (C=O) groups is 1. The first-order valence-corrected chi connectivity index (χ1v) is 11.1. The third kappa shape index (κ3) is 4.28. The van der Waals surface area contributed by atoms with Crippen molar-refractivity contribution >= 4 is 34.1 Å². The van der Waals surface area contributed by atoms with Crippen molar-refractivity contribution in [3.05, 3.63) is 52.9 Å². The van der Waals surface area contributed by atoms with Crippen molar-refractivity contribution in [2.24, 2.45) is 12.5 Å². The van der Waals surface area contributed by atoms with Crippen molar-refractivity contribution in [2.75, 3.05) is 5.32 Å². The summed E-state index contributed by atoms with van der Waals surface area (Å²) in [5.74, 6) is -0.138. The Labute approximate surface area is 189 Å². The van der Waals surface area contributed by atoms with Crippen molar-refractivity contribution in [3.8, 4) is 0 Å². The van der Waals surface area contributed by atoms with Gasteiger partial charge in [0.15, 0.2) is 0 Å². The molecular formula is C23H24ClF2N5O. The summed E-state index contributed by atoms with van der Waals surface area (Å²) in [6.07, 6.45) is 5.42. The smallest absolute Gasteiger partial charge is 0.280 e. The molecule has 168 valence electrons. The van der Waals surface area contributed by atoms with E-state index < -0.39 is 6.43 Å². The van der Waals surface area contributed by atoms with Gasteiger partial charge in [-0.1, -0.05) is 11.6 Å². The Morgan fingerprint density at radius 1 is 1.25 bits per heavy atom. The van der Waals surface area contributed by atoms with Crippen LogP contribution in [0.15, 0.2) is 36.7 Å². The second-order valence-electron chi connectivity index (χ2n) is 9.12. The van der Waals surface area contributed by atoms with E-state index in [1.54, 1.807) is 42.3 Å². The number of aromatic nitrogens is 3. The Hall–Kier alpha value is -2.74. The molecule has 0 aliphatic heterocycles. The van der Waals surface area contributed by atoms with Crippen LogP contribution in [0.4, 0.5) is 14.5 Å². The van der Waals surface area contributed by atoms with Gasteiger partial charge < -0.3 is 10.6 Å². The highest BCUT2D eigenvalue weighted by molar-refractivity contribution is 6.31. The molecule has 1 spiro atoms. The van der Waals surface area contributed by atoms with Gasteiger partial charge in [-0.05, 0) is 61.8 Å². The number of nitrogens with zero attached hydrogens (tertiary/aromatic N) is 3. The molecule has 6 nitrogen and oxygen atoms in total. The molecule has 0 unspecified atom stereocenters. The van der Waals surface area contributed by atoms with E-state index in [4.69, 9.17) is 11.6 Å². The van der Waals surface area contributed by atoms with Gasteiger partial charge in [-0.2, -0.15) is 5.10 Å². The number of nitrogens with one attached hydrogen (secondary N) is 2. The summed E-state index contributed by atoms with van der Waals surface area (Å²) in [4.78, 5) is 16.8. The molecule has 2 aliphatic rings. The number of alkyl halides is 2. The molecule has 9 heteroatoms. The van der Waals surface area contributed by atoms with Gasteiger partial charge in [-0.15, -0.1) is 0 Å². The van der Waals surface area contributed by atoms with Crippen LogP contribution >= 0.6 is 11.6 Å². The minimum absolute atomic E-state index is 0.00251. The number of benzene rings is 1. The van der Waals surface area contributed by atoms with E-state index in [0.29, 0.717) is 33.6 Å². The van der Waals surface area contributed by atoms with Crippen molar-refractivity contribution in [1.29, 1.82) is 0 Å². The molecule has 32 heavy (non-hydrogen) atoms. The van der Waals surface area contributed by atoms with Crippen LogP contribution in [-0.2, 0) is 7.05 Å². The maximum absolute atomic E-state index is 13.5. The van der Waals surface area contributed by atoms with Gasteiger partial charge in [-0.25, -0.2) is 13.8 Å². The molecule has 3 aromatic rings. The van der Waals surface area contributed by atoms with Crippen molar-refractivity contribution in [2.45, 2.75) is 50.6 Å². The maximum Gasteiger partial charge on any atom is 0.280 e. The van der Waals surface area contributed by atoms with Crippen molar-refractivity contribution < 1.29 is 13.6 Å². The van der Waals surface area contributed by atoms with E-state index in [-0.39, 0.29) is 29.1 Å². The van der Waals surface area contributed by atoms with Gasteiger partial charge in [0.1, 0.15) is 5.69 Å². The average Bonchev–Trinajstić information content (AvgIpc) is 3.31. The van der Waals surface area contributed by atoms with Gasteiger partial charge in [0.25, 0.3) is 12.3 Å². The number of amides is 1. The average molecular weight is 460 g/mol. The molecule has 2 heterocycles. The fourth-order valence-corrected chi connectivity index (χ4v) is 5.09. The van der Waals surface area contributed by atoms with Gasteiger partial charge >= 0.3 is 0 Å². The molecule has 2 atom stereocenters. The van der Waals surface area contributed by atoms with Crippen LogP contribution in [0.2, 0.25) is 5.02 Å². The number of fused-ring (bicyclic) bond motifs is 1. The first-order valence-electron chi connectivity index (χ1n) is 10.7. The highest BCUT2D eigenvalue weighted by Crippen LogP contribution is 2.56. The normalized spacial score (nSPS) is 21.8. The van der Waals surface area contributed by atoms with Gasteiger partial charge in [-0.3, -0.25) is 9.48 Å². The minimum Gasteiger partial charge on any atom is -0.382 e.